The molecule has 2 heterocycles. The van der Waals surface area contributed by atoms with Crippen LogP contribution >= 0.6 is 0 Å². The second-order valence-corrected chi connectivity index (χ2v) is 9.53. The normalized spacial score (nSPS) is 14.1. The van der Waals surface area contributed by atoms with Crippen LogP contribution in [0.25, 0.3) is 22.0 Å². The maximum atomic E-state index is 13.7. The molecule has 4 rings (SSSR count). The third-order valence-electron chi connectivity index (χ3n) is 5.59. The van der Waals surface area contributed by atoms with Gasteiger partial charge in [0.05, 0.1) is 23.3 Å². The lowest BCUT2D eigenvalue weighted by Crippen LogP contribution is -2.58. The number of amides is 2. The highest BCUT2D eigenvalue weighted by molar-refractivity contribution is 6.12. The monoisotopic (exact) mass is 417 g/mol. The Hall–Kier alpha value is -3.41. The first-order valence-corrected chi connectivity index (χ1v) is 10.3. The number of phenols is 1. The van der Waals surface area contributed by atoms with Gasteiger partial charge in [-0.3, -0.25) is 14.6 Å². The van der Waals surface area contributed by atoms with Crippen LogP contribution in [0.3, 0.4) is 0 Å². The van der Waals surface area contributed by atoms with Gasteiger partial charge in [-0.2, -0.15) is 0 Å². The van der Waals surface area contributed by atoms with Crippen LogP contribution in [0.2, 0.25) is 0 Å². The van der Waals surface area contributed by atoms with Crippen molar-refractivity contribution in [3.8, 4) is 16.9 Å². The standard InChI is InChI=1S/C25H27N3O3/c1-24(2,3)27-23(31)25(4,5)28-14-19-21(22(28)30)20(15-9-7-6-8-10-15)17-13-16(29)11-12-18(17)26-19/h6-13,29H,14H2,1-5H3,(H,27,31). The third kappa shape index (κ3) is 3.63. The maximum Gasteiger partial charge on any atom is 0.257 e. The molecule has 0 radical (unpaired) electrons. The first-order valence-electron chi connectivity index (χ1n) is 10.3. The molecule has 0 unspecified atom stereocenters. The van der Waals surface area contributed by atoms with Gasteiger partial charge in [-0.1, -0.05) is 30.3 Å². The minimum atomic E-state index is -1.06. The summed E-state index contributed by atoms with van der Waals surface area (Å²) < 4.78 is 0. The Kier molecular flexibility index (Phi) is 4.76. The third-order valence-corrected chi connectivity index (χ3v) is 5.59. The molecule has 0 fully saturated rings. The maximum absolute atomic E-state index is 13.7. The number of phenolic OH excluding ortho intramolecular Hbond substituents is 1. The van der Waals surface area contributed by atoms with Crippen molar-refractivity contribution in [1.82, 2.24) is 15.2 Å². The van der Waals surface area contributed by atoms with Crippen molar-refractivity contribution >= 4 is 22.7 Å². The molecule has 6 nitrogen and oxygen atoms in total. The fourth-order valence-electron chi connectivity index (χ4n) is 3.98. The van der Waals surface area contributed by atoms with Gasteiger partial charge in [0.2, 0.25) is 5.91 Å². The van der Waals surface area contributed by atoms with Crippen LogP contribution in [0.5, 0.6) is 5.75 Å². The van der Waals surface area contributed by atoms with Crippen molar-refractivity contribution in [3.05, 3.63) is 59.8 Å². The number of carbonyl (C=O) groups is 2. The van der Waals surface area contributed by atoms with Gasteiger partial charge in [-0.15, -0.1) is 0 Å². The number of hydrogen-bond acceptors (Lipinski definition) is 4. The van der Waals surface area contributed by atoms with E-state index in [1.807, 2.05) is 51.1 Å². The number of pyridine rings is 1. The number of rotatable bonds is 3. The van der Waals surface area contributed by atoms with Crippen molar-refractivity contribution in [3.63, 3.8) is 0 Å². The van der Waals surface area contributed by atoms with Crippen LogP contribution in [0.15, 0.2) is 48.5 Å². The first-order chi connectivity index (χ1) is 14.5. The van der Waals surface area contributed by atoms with Crippen molar-refractivity contribution in [2.45, 2.75) is 52.2 Å². The van der Waals surface area contributed by atoms with E-state index >= 15 is 0 Å². The zero-order chi connectivity index (χ0) is 22.6. The molecule has 2 aromatic carbocycles. The lowest BCUT2D eigenvalue weighted by Gasteiger charge is -2.36. The average Bonchev–Trinajstić information content (AvgIpc) is 3.02. The average molecular weight is 418 g/mol. The number of nitrogens with one attached hydrogen (secondary N) is 1. The summed E-state index contributed by atoms with van der Waals surface area (Å²) in [6, 6.07) is 14.6. The van der Waals surface area contributed by atoms with E-state index in [0.29, 0.717) is 22.2 Å². The van der Waals surface area contributed by atoms with Crippen molar-refractivity contribution in [2.24, 2.45) is 0 Å². The molecule has 0 aliphatic carbocycles. The minimum Gasteiger partial charge on any atom is -0.508 e. The van der Waals surface area contributed by atoms with Gasteiger partial charge in [0.1, 0.15) is 11.3 Å². The molecule has 0 atom stereocenters. The summed E-state index contributed by atoms with van der Waals surface area (Å²) in [5.74, 6) is -0.344. The van der Waals surface area contributed by atoms with E-state index in [4.69, 9.17) is 4.98 Å². The fraction of sp³-hybridized carbons (Fsp3) is 0.320. The predicted molar refractivity (Wildman–Crippen MR) is 121 cm³/mol. The van der Waals surface area contributed by atoms with Crippen molar-refractivity contribution in [2.75, 3.05) is 0 Å². The topological polar surface area (TPSA) is 82.5 Å². The molecule has 6 heteroatoms. The molecular weight excluding hydrogens is 390 g/mol. The van der Waals surface area contributed by atoms with Gasteiger partial charge in [-0.05, 0) is 58.4 Å². The van der Waals surface area contributed by atoms with Crippen molar-refractivity contribution in [1.29, 1.82) is 0 Å². The summed E-state index contributed by atoms with van der Waals surface area (Å²) >= 11 is 0. The van der Waals surface area contributed by atoms with Crippen LogP contribution in [0, 0.1) is 0 Å². The number of nitrogens with zero attached hydrogens (tertiary/aromatic N) is 2. The number of hydrogen-bond donors (Lipinski definition) is 2. The van der Waals surface area contributed by atoms with Crippen molar-refractivity contribution < 1.29 is 14.7 Å². The van der Waals surface area contributed by atoms with E-state index in [2.05, 4.69) is 5.32 Å². The van der Waals surface area contributed by atoms with Gasteiger partial charge < -0.3 is 15.3 Å². The Bertz CT molecular complexity index is 1190. The Morgan fingerprint density at radius 2 is 1.71 bits per heavy atom. The molecule has 1 aliphatic heterocycles. The largest absolute Gasteiger partial charge is 0.508 e. The molecule has 31 heavy (non-hydrogen) atoms. The zero-order valence-electron chi connectivity index (χ0n) is 18.5. The highest BCUT2D eigenvalue weighted by Crippen LogP contribution is 2.40. The van der Waals surface area contributed by atoms with E-state index in [9.17, 15) is 14.7 Å². The van der Waals surface area contributed by atoms with Crippen LogP contribution in [0.1, 0.15) is 50.7 Å². The molecule has 0 saturated heterocycles. The van der Waals surface area contributed by atoms with Crippen LogP contribution in [-0.2, 0) is 11.3 Å². The molecule has 2 amide bonds. The summed E-state index contributed by atoms with van der Waals surface area (Å²) in [5.41, 5.74) is 1.94. The molecule has 160 valence electrons. The van der Waals surface area contributed by atoms with Crippen LogP contribution < -0.4 is 5.32 Å². The molecule has 0 spiro atoms. The molecule has 2 N–H and O–H groups in total. The molecule has 3 aromatic rings. The lowest BCUT2D eigenvalue weighted by molar-refractivity contribution is -0.132. The molecular formula is C25H27N3O3. The van der Waals surface area contributed by atoms with E-state index in [0.717, 1.165) is 11.1 Å². The summed E-state index contributed by atoms with van der Waals surface area (Å²) in [7, 11) is 0. The summed E-state index contributed by atoms with van der Waals surface area (Å²) in [6.45, 7) is 9.49. The number of aromatic nitrogens is 1. The summed E-state index contributed by atoms with van der Waals surface area (Å²) in [5, 5.41) is 13.8. The second kappa shape index (κ2) is 7.08. The quantitative estimate of drug-likeness (QED) is 0.667. The fourth-order valence-corrected chi connectivity index (χ4v) is 3.98. The van der Waals surface area contributed by atoms with Gasteiger partial charge >= 0.3 is 0 Å². The summed E-state index contributed by atoms with van der Waals surface area (Å²) in [4.78, 5) is 33.0. The van der Waals surface area contributed by atoms with E-state index < -0.39 is 11.1 Å². The Morgan fingerprint density at radius 3 is 2.35 bits per heavy atom. The summed E-state index contributed by atoms with van der Waals surface area (Å²) in [6.07, 6.45) is 0. The highest BCUT2D eigenvalue weighted by atomic mass is 16.3. The van der Waals surface area contributed by atoms with E-state index in [1.54, 1.807) is 36.9 Å². The molecule has 0 saturated carbocycles. The smallest absolute Gasteiger partial charge is 0.257 e. The second-order valence-electron chi connectivity index (χ2n) is 9.53. The lowest BCUT2D eigenvalue weighted by atomic mass is 9.94. The Morgan fingerprint density at radius 1 is 1.03 bits per heavy atom. The van der Waals surface area contributed by atoms with Gasteiger partial charge in [0.25, 0.3) is 5.91 Å². The van der Waals surface area contributed by atoms with E-state index in [1.165, 1.54) is 0 Å². The van der Waals surface area contributed by atoms with Crippen LogP contribution in [0.4, 0.5) is 0 Å². The number of benzene rings is 2. The zero-order valence-corrected chi connectivity index (χ0v) is 18.5. The number of carbonyl (C=O) groups excluding carboxylic acids is 2. The molecule has 1 aliphatic rings. The first kappa shape index (κ1) is 20.8. The highest BCUT2D eigenvalue weighted by Gasteiger charge is 2.45. The predicted octanol–water partition coefficient (Wildman–Crippen LogP) is 4.26. The van der Waals surface area contributed by atoms with E-state index in [-0.39, 0.29) is 24.1 Å². The van der Waals surface area contributed by atoms with Gasteiger partial charge in [-0.25, -0.2) is 0 Å². The Balaban J connectivity index is 1.88. The SMILES string of the molecule is CC(C)(C)NC(=O)C(C)(C)N1Cc2nc3ccc(O)cc3c(-c3ccccc3)c2C1=O. The number of aromatic hydroxyl groups is 1. The van der Waals surface area contributed by atoms with Crippen LogP contribution in [-0.4, -0.2) is 37.9 Å². The number of fused-ring (bicyclic) bond motifs is 2. The van der Waals surface area contributed by atoms with Gasteiger partial charge in [0, 0.05) is 16.5 Å². The molecule has 1 aromatic heterocycles. The minimum absolute atomic E-state index is 0.110. The molecule has 0 bridgehead atoms. The van der Waals surface area contributed by atoms with Gasteiger partial charge in [0.15, 0.2) is 0 Å². The Labute approximate surface area is 181 Å².